The first-order valence-electron chi connectivity index (χ1n) is 7.74. The number of carbonyl (C=O) groups excluding carboxylic acids is 1. The summed E-state index contributed by atoms with van der Waals surface area (Å²) in [5.74, 6) is 1.00. The van der Waals surface area contributed by atoms with E-state index < -0.39 is 0 Å². The average Bonchev–Trinajstić information content (AvgIpc) is 3.05. The van der Waals surface area contributed by atoms with Crippen LogP contribution in [0.3, 0.4) is 0 Å². The molecular weight excluding hydrogens is 358 g/mol. The van der Waals surface area contributed by atoms with Gasteiger partial charge in [-0.1, -0.05) is 65.8 Å². The summed E-state index contributed by atoms with van der Waals surface area (Å²) in [5, 5.41) is 11.8. The Balaban J connectivity index is 1.45. The van der Waals surface area contributed by atoms with Gasteiger partial charge in [0.15, 0.2) is 0 Å². The molecule has 0 fully saturated rings. The predicted octanol–water partition coefficient (Wildman–Crippen LogP) is 4.43. The fraction of sp³-hybridized carbons (Fsp3) is 0.167. The van der Waals surface area contributed by atoms with E-state index in [1.165, 1.54) is 11.8 Å². The number of carbonyl (C=O) groups is 1. The van der Waals surface area contributed by atoms with Gasteiger partial charge in [0.2, 0.25) is 11.8 Å². The molecule has 0 unspecified atom stereocenters. The van der Waals surface area contributed by atoms with Crippen LogP contribution in [0.1, 0.15) is 17.9 Å². The molecule has 0 aliphatic carbocycles. The van der Waals surface area contributed by atoms with Crippen LogP contribution >= 0.6 is 23.4 Å². The maximum Gasteiger partial charge on any atom is 0.276 e. The summed E-state index contributed by atoms with van der Waals surface area (Å²) in [7, 11) is 0. The van der Waals surface area contributed by atoms with Crippen LogP contribution in [0.25, 0.3) is 0 Å². The Kier molecular flexibility index (Phi) is 6.09. The van der Waals surface area contributed by atoms with Gasteiger partial charge in [-0.2, -0.15) is 0 Å². The SMILES string of the molecule is O=C(CCSc1nnc(Cc2ccccc2)o1)Nc1ccccc1Cl. The smallest absolute Gasteiger partial charge is 0.276 e. The van der Waals surface area contributed by atoms with E-state index in [0.717, 1.165) is 5.56 Å². The van der Waals surface area contributed by atoms with E-state index in [1.807, 2.05) is 42.5 Å². The molecule has 0 aliphatic rings. The van der Waals surface area contributed by atoms with Crippen molar-refractivity contribution in [3.05, 3.63) is 71.1 Å². The molecule has 3 aromatic rings. The van der Waals surface area contributed by atoms with Crippen LogP contribution in [-0.4, -0.2) is 21.9 Å². The van der Waals surface area contributed by atoms with E-state index in [1.54, 1.807) is 12.1 Å². The molecular formula is C18H16ClN3O2S. The lowest BCUT2D eigenvalue weighted by molar-refractivity contribution is -0.115. The zero-order chi connectivity index (χ0) is 17.5. The molecule has 3 rings (SSSR count). The van der Waals surface area contributed by atoms with Gasteiger partial charge in [0.1, 0.15) is 0 Å². The van der Waals surface area contributed by atoms with E-state index in [2.05, 4.69) is 15.5 Å². The Hall–Kier alpha value is -2.31. The van der Waals surface area contributed by atoms with Gasteiger partial charge in [0.25, 0.3) is 5.22 Å². The Morgan fingerprint density at radius 1 is 1.08 bits per heavy atom. The van der Waals surface area contributed by atoms with E-state index >= 15 is 0 Å². The lowest BCUT2D eigenvalue weighted by Gasteiger charge is -2.05. The van der Waals surface area contributed by atoms with Gasteiger partial charge in [-0.15, -0.1) is 10.2 Å². The lowest BCUT2D eigenvalue weighted by atomic mass is 10.2. The van der Waals surface area contributed by atoms with Crippen LogP contribution in [0.5, 0.6) is 0 Å². The summed E-state index contributed by atoms with van der Waals surface area (Å²) in [6, 6.07) is 17.1. The van der Waals surface area contributed by atoms with Gasteiger partial charge in [0.05, 0.1) is 17.1 Å². The van der Waals surface area contributed by atoms with Crippen molar-refractivity contribution in [2.75, 3.05) is 11.1 Å². The Morgan fingerprint density at radius 2 is 1.84 bits per heavy atom. The zero-order valence-electron chi connectivity index (χ0n) is 13.3. The van der Waals surface area contributed by atoms with Gasteiger partial charge in [0, 0.05) is 12.2 Å². The summed E-state index contributed by atoms with van der Waals surface area (Å²) >= 11 is 7.38. The van der Waals surface area contributed by atoms with Crippen molar-refractivity contribution >= 4 is 35.0 Å². The highest BCUT2D eigenvalue weighted by Crippen LogP contribution is 2.22. The number of para-hydroxylation sites is 1. The molecule has 2 aromatic carbocycles. The number of aromatic nitrogens is 2. The molecule has 0 atom stereocenters. The minimum absolute atomic E-state index is 0.107. The first kappa shape index (κ1) is 17.5. The number of amides is 1. The van der Waals surface area contributed by atoms with Crippen LogP contribution in [0.2, 0.25) is 5.02 Å². The van der Waals surface area contributed by atoms with Crippen molar-refractivity contribution in [3.63, 3.8) is 0 Å². The molecule has 0 radical (unpaired) electrons. The maximum atomic E-state index is 12.0. The number of rotatable bonds is 7. The van der Waals surface area contributed by atoms with Crippen molar-refractivity contribution in [2.24, 2.45) is 0 Å². The molecule has 5 nitrogen and oxygen atoms in total. The molecule has 0 bridgehead atoms. The second-order valence-electron chi connectivity index (χ2n) is 5.25. The summed E-state index contributed by atoms with van der Waals surface area (Å²) < 4.78 is 5.59. The zero-order valence-corrected chi connectivity index (χ0v) is 14.9. The van der Waals surface area contributed by atoms with Crippen molar-refractivity contribution in [1.29, 1.82) is 0 Å². The van der Waals surface area contributed by atoms with E-state index in [-0.39, 0.29) is 5.91 Å². The first-order valence-corrected chi connectivity index (χ1v) is 9.10. The number of halogens is 1. The van der Waals surface area contributed by atoms with E-state index in [0.29, 0.717) is 40.4 Å². The number of nitrogens with zero attached hydrogens (tertiary/aromatic N) is 2. The molecule has 7 heteroatoms. The van der Waals surface area contributed by atoms with Crippen molar-refractivity contribution in [1.82, 2.24) is 10.2 Å². The monoisotopic (exact) mass is 373 g/mol. The number of hydrogen-bond acceptors (Lipinski definition) is 5. The Labute approximate surface area is 154 Å². The summed E-state index contributed by atoms with van der Waals surface area (Å²) in [5.41, 5.74) is 1.73. The predicted molar refractivity (Wildman–Crippen MR) is 99.0 cm³/mol. The normalized spacial score (nSPS) is 10.6. The van der Waals surface area contributed by atoms with Crippen molar-refractivity contribution in [3.8, 4) is 0 Å². The number of anilines is 1. The van der Waals surface area contributed by atoms with E-state index in [4.69, 9.17) is 16.0 Å². The third-order valence-electron chi connectivity index (χ3n) is 3.35. The first-order chi connectivity index (χ1) is 12.2. The number of thioether (sulfide) groups is 1. The Bertz CT molecular complexity index is 839. The molecule has 0 saturated carbocycles. The molecule has 1 N–H and O–H groups in total. The van der Waals surface area contributed by atoms with Crippen LogP contribution in [0.15, 0.2) is 64.2 Å². The third kappa shape index (κ3) is 5.34. The molecule has 128 valence electrons. The second-order valence-corrected chi connectivity index (χ2v) is 6.70. The molecule has 1 amide bonds. The van der Waals surface area contributed by atoms with Crippen LogP contribution in [0.4, 0.5) is 5.69 Å². The largest absolute Gasteiger partial charge is 0.416 e. The molecule has 25 heavy (non-hydrogen) atoms. The average molecular weight is 374 g/mol. The highest BCUT2D eigenvalue weighted by atomic mass is 35.5. The minimum Gasteiger partial charge on any atom is -0.416 e. The highest BCUT2D eigenvalue weighted by Gasteiger charge is 2.10. The van der Waals surface area contributed by atoms with Gasteiger partial charge >= 0.3 is 0 Å². The molecule has 0 saturated heterocycles. The van der Waals surface area contributed by atoms with Crippen LogP contribution < -0.4 is 5.32 Å². The number of benzene rings is 2. The maximum absolute atomic E-state index is 12.0. The molecule has 1 aromatic heterocycles. The quantitative estimate of drug-likeness (QED) is 0.620. The van der Waals surface area contributed by atoms with Crippen LogP contribution in [0, 0.1) is 0 Å². The molecule has 0 aliphatic heterocycles. The van der Waals surface area contributed by atoms with Gasteiger partial charge in [-0.3, -0.25) is 4.79 Å². The Morgan fingerprint density at radius 3 is 2.64 bits per heavy atom. The summed E-state index contributed by atoms with van der Waals surface area (Å²) in [6.07, 6.45) is 0.924. The van der Waals surface area contributed by atoms with Gasteiger partial charge in [-0.25, -0.2) is 0 Å². The second kappa shape index (κ2) is 8.69. The topological polar surface area (TPSA) is 68.0 Å². The summed E-state index contributed by atoms with van der Waals surface area (Å²) in [6.45, 7) is 0. The lowest BCUT2D eigenvalue weighted by Crippen LogP contribution is -2.12. The van der Waals surface area contributed by atoms with Gasteiger partial charge in [-0.05, 0) is 17.7 Å². The van der Waals surface area contributed by atoms with Gasteiger partial charge < -0.3 is 9.73 Å². The number of nitrogens with one attached hydrogen (secondary N) is 1. The number of hydrogen-bond donors (Lipinski definition) is 1. The van der Waals surface area contributed by atoms with Crippen molar-refractivity contribution in [2.45, 2.75) is 18.1 Å². The standard InChI is InChI=1S/C18H16ClN3O2S/c19-14-8-4-5-9-15(14)20-16(23)10-11-25-18-22-21-17(24-18)12-13-6-2-1-3-7-13/h1-9H,10-12H2,(H,20,23). The summed E-state index contributed by atoms with van der Waals surface area (Å²) in [4.78, 5) is 12.0. The van der Waals surface area contributed by atoms with Crippen molar-refractivity contribution < 1.29 is 9.21 Å². The molecule has 1 heterocycles. The fourth-order valence-corrected chi connectivity index (χ4v) is 3.04. The van der Waals surface area contributed by atoms with E-state index in [9.17, 15) is 4.79 Å². The fourth-order valence-electron chi connectivity index (χ4n) is 2.14. The van der Waals surface area contributed by atoms with Crippen LogP contribution in [-0.2, 0) is 11.2 Å². The highest BCUT2D eigenvalue weighted by molar-refractivity contribution is 7.99. The molecule has 0 spiro atoms. The third-order valence-corrected chi connectivity index (χ3v) is 4.50. The minimum atomic E-state index is -0.107.